The van der Waals surface area contributed by atoms with Gasteiger partial charge in [0.25, 0.3) is 5.91 Å². The molecular formula is C14H19FN2O3S. The second kappa shape index (κ2) is 6.53. The van der Waals surface area contributed by atoms with Crippen LogP contribution in [-0.2, 0) is 10.0 Å². The molecule has 1 aliphatic rings. The molecule has 1 aromatic rings. The first-order chi connectivity index (χ1) is 9.94. The van der Waals surface area contributed by atoms with E-state index in [1.807, 2.05) is 6.92 Å². The molecule has 0 aromatic heterocycles. The summed E-state index contributed by atoms with van der Waals surface area (Å²) in [4.78, 5) is 11.4. The number of benzene rings is 1. The predicted octanol–water partition coefficient (Wildman–Crippen LogP) is 1.80. The van der Waals surface area contributed by atoms with Crippen LogP contribution < -0.4 is 10.0 Å². The Balaban J connectivity index is 2.18. The van der Waals surface area contributed by atoms with Crippen molar-refractivity contribution in [1.29, 1.82) is 0 Å². The quantitative estimate of drug-likeness (QED) is 0.754. The molecule has 1 aliphatic carbocycles. The molecule has 1 saturated carbocycles. The van der Waals surface area contributed by atoms with Gasteiger partial charge in [0.05, 0.1) is 0 Å². The molecule has 5 nitrogen and oxygen atoms in total. The molecule has 0 bridgehead atoms. The maximum absolute atomic E-state index is 13.8. The van der Waals surface area contributed by atoms with Crippen LogP contribution in [0.5, 0.6) is 0 Å². The fourth-order valence-electron chi connectivity index (χ4n) is 1.82. The van der Waals surface area contributed by atoms with Crippen LogP contribution in [0.3, 0.4) is 0 Å². The van der Waals surface area contributed by atoms with E-state index < -0.39 is 26.6 Å². The second-order valence-corrected chi connectivity index (χ2v) is 6.83. The van der Waals surface area contributed by atoms with Crippen molar-refractivity contribution in [3.05, 3.63) is 29.6 Å². The maximum Gasteiger partial charge on any atom is 0.251 e. The minimum atomic E-state index is -3.91. The molecule has 0 aliphatic heterocycles. The molecule has 0 atom stereocenters. The summed E-state index contributed by atoms with van der Waals surface area (Å²) in [6.07, 6.45) is 3.30. The van der Waals surface area contributed by atoms with Crippen molar-refractivity contribution in [2.45, 2.75) is 43.5 Å². The van der Waals surface area contributed by atoms with Gasteiger partial charge in [-0.05, 0) is 37.5 Å². The Morgan fingerprint density at radius 2 is 2.10 bits per heavy atom. The first-order valence-corrected chi connectivity index (χ1v) is 8.52. The highest BCUT2D eigenvalue weighted by atomic mass is 32.2. The molecule has 0 heterocycles. The monoisotopic (exact) mass is 314 g/mol. The summed E-state index contributed by atoms with van der Waals surface area (Å²) < 4.78 is 40.3. The third-order valence-electron chi connectivity index (χ3n) is 3.20. The fourth-order valence-corrected chi connectivity index (χ4v) is 3.22. The molecule has 0 unspecified atom stereocenters. The van der Waals surface area contributed by atoms with Gasteiger partial charge < -0.3 is 5.32 Å². The number of carbonyl (C=O) groups excluding carboxylic acids is 1. The van der Waals surface area contributed by atoms with Crippen molar-refractivity contribution in [2.75, 3.05) is 6.54 Å². The lowest BCUT2D eigenvalue weighted by atomic mass is 10.2. The lowest BCUT2D eigenvalue weighted by Crippen LogP contribution is -2.28. The molecule has 1 fully saturated rings. The van der Waals surface area contributed by atoms with Crippen LogP contribution in [0.25, 0.3) is 0 Å². The minimum Gasteiger partial charge on any atom is -0.352 e. The molecule has 1 aromatic carbocycles. The molecular weight excluding hydrogens is 295 g/mol. The molecule has 0 spiro atoms. The SMILES string of the molecule is CCCCNC(=O)c1ccc(F)c(S(=O)(=O)NC2CC2)c1. The van der Waals surface area contributed by atoms with Crippen LogP contribution >= 0.6 is 0 Å². The topological polar surface area (TPSA) is 75.3 Å². The molecule has 2 N–H and O–H groups in total. The standard InChI is InChI=1S/C14H19FN2O3S/c1-2-3-8-16-14(18)10-4-7-12(15)13(9-10)21(19,20)17-11-5-6-11/h4,7,9,11,17H,2-3,5-6,8H2,1H3,(H,16,18). The molecule has 0 saturated heterocycles. The summed E-state index contributed by atoms with van der Waals surface area (Å²) in [7, 11) is -3.91. The Kier molecular flexibility index (Phi) is 4.95. The summed E-state index contributed by atoms with van der Waals surface area (Å²) in [5.41, 5.74) is 0.142. The van der Waals surface area contributed by atoms with Crippen molar-refractivity contribution in [3.63, 3.8) is 0 Å². The van der Waals surface area contributed by atoms with Crippen molar-refractivity contribution in [1.82, 2.24) is 10.0 Å². The van der Waals surface area contributed by atoms with Gasteiger partial charge in [0.15, 0.2) is 0 Å². The normalized spacial score (nSPS) is 15.0. The Labute approximate surface area is 124 Å². The number of sulfonamides is 1. The van der Waals surface area contributed by atoms with E-state index >= 15 is 0 Å². The molecule has 0 radical (unpaired) electrons. The number of hydrogen-bond acceptors (Lipinski definition) is 3. The Hall–Kier alpha value is -1.47. The lowest BCUT2D eigenvalue weighted by Gasteiger charge is -2.09. The van der Waals surface area contributed by atoms with Crippen molar-refractivity contribution in [2.24, 2.45) is 0 Å². The van der Waals surface area contributed by atoms with Gasteiger partial charge in [-0.3, -0.25) is 4.79 Å². The fraction of sp³-hybridized carbons (Fsp3) is 0.500. The smallest absolute Gasteiger partial charge is 0.251 e. The molecule has 7 heteroatoms. The molecule has 116 valence electrons. The third-order valence-corrected chi connectivity index (χ3v) is 4.73. The average Bonchev–Trinajstić information content (AvgIpc) is 3.22. The Morgan fingerprint density at radius 3 is 2.71 bits per heavy atom. The Morgan fingerprint density at radius 1 is 1.38 bits per heavy atom. The van der Waals surface area contributed by atoms with Crippen LogP contribution in [0.1, 0.15) is 43.0 Å². The summed E-state index contributed by atoms with van der Waals surface area (Å²) >= 11 is 0. The van der Waals surface area contributed by atoms with Crippen LogP contribution in [0.15, 0.2) is 23.1 Å². The van der Waals surface area contributed by atoms with E-state index in [9.17, 15) is 17.6 Å². The number of rotatable bonds is 7. The van der Waals surface area contributed by atoms with E-state index in [1.165, 1.54) is 6.07 Å². The van der Waals surface area contributed by atoms with E-state index in [0.717, 1.165) is 37.8 Å². The van der Waals surface area contributed by atoms with Crippen molar-refractivity contribution < 1.29 is 17.6 Å². The van der Waals surface area contributed by atoms with Crippen molar-refractivity contribution >= 4 is 15.9 Å². The zero-order chi connectivity index (χ0) is 15.5. The first-order valence-electron chi connectivity index (χ1n) is 7.04. The number of hydrogen-bond donors (Lipinski definition) is 2. The highest BCUT2D eigenvalue weighted by Crippen LogP contribution is 2.23. The third kappa shape index (κ3) is 4.25. The van der Waals surface area contributed by atoms with Gasteiger partial charge in [-0.15, -0.1) is 0 Å². The highest BCUT2D eigenvalue weighted by Gasteiger charge is 2.30. The van der Waals surface area contributed by atoms with E-state index in [4.69, 9.17) is 0 Å². The van der Waals surface area contributed by atoms with E-state index in [1.54, 1.807) is 0 Å². The zero-order valence-corrected chi connectivity index (χ0v) is 12.7. The van der Waals surface area contributed by atoms with Gasteiger partial charge >= 0.3 is 0 Å². The number of carbonyl (C=O) groups is 1. The van der Waals surface area contributed by atoms with E-state index in [-0.39, 0.29) is 11.6 Å². The minimum absolute atomic E-state index is 0.114. The number of nitrogens with one attached hydrogen (secondary N) is 2. The summed E-state index contributed by atoms with van der Waals surface area (Å²) in [6, 6.07) is 3.26. The second-order valence-electron chi connectivity index (χ2n) is 5.15. The first kappa shape index (κ1) is 15.9. The number of amides is 1. The summed E-state index contributed by atoms with van der Waals surface area (Å²) in [5.74, 6) is -1.25. The Bertz CT molecular complexity index is 627. The van der Waals surface area contributed by atoms with Gasteiger partial charge in [-0.2, -0.15) is 0 Å². The molecule has 2 rings (SSSR count). The van der Waals surface area contributed by atoms with Crippen molar-refractivity contribution in [3.8, 4) is 0 Å². The van der Waals surface area contributed by atoms with E-state index in [0.29, 0.717) is 6.54 Å². The maximum atomic E-state index is 13.8. The van der Waals surface area contributed by atoms with E-state index in [2.05, 4.69) is 10.0 Å². The summed E-state index contributed by atoms with van der Waals surface area (Å²) in [6.45, 7) is 2.51. The highest BCUT2D eigenvalue weighted by molar-refractivity contribution is 7.89. The van der Waals surface area contributed by atoms with Crippen LogP contribution in [0.2, 0.25) is 0 Å². The zero-order valence-electron chi connectivity index (χ0n) is 11.9. The largest absolute Gasteiger partial charge is 0.352 e. The van der Waals surface area contributed by atoms with Crippen LogP contribution in [0, 0.1) is 5.82 Å². The molecule has 1 amide bonds. The average molecular weight is 314 g/mol. The molecule has 21 heavy (non-hydrogen) atoms. The predicted molar refractivity (Wildman–Crippen MR) is 77.0 cm³/mol. The van der Waals surface area contributed by atoms with Gasteiger partial charge in [-0.25, -0.2) is 17.5 Å². The van der Waals surface area contributed by atoms with Gasteiger partial charge in [0, 0.05) is 18.2 Å². The number of halogens is 1. The van der Waals surface area contributed by atoms with Crippen LogP contribution in [0.4, 0.5) is 4.39 Å². The number of unbranched alkanes of at least 4 members (excludes halogenated alkanes) is 1. The van der Waals surface area contributed by atoms with Crippen LogP contribution in [-0.4, -0.2) is 26.9 Å². The van der Waals surface area contributed by atoms with Gasteiger partial charge in [0.1, 0.15) is 10.7 Å². The van der Waals surface area contributed by atoms with Gasteiger partial charge in [0.2, 0.25) is 10.0 Å². The summed E-state index contributed by atoms with van der Waals surface area (Å²) in [5, 5.41) is 2.67. The lowest BCUT2D eigenvalue weighted by molar-refractivity contribution is 0.0953. The van der Waals surface area contributed by atoms with Gasteiger partial charge in [-0.1, -0.05) is 13.3 Å².